The number of benzene rings is 1. The smallest absolute Gasteiger partial charge is 0.295 e. The Morgan fingerprint density at radius 1 is 1.21 bits per heavy atom. The average molecular weight is 273 g/mol. The van der Waals surface area contributed by atoms with Crippen LogP contribution in [0.5, 0.6) is 0 Å². The number of hydrogen-bond donors (Lipinski definition) is 0. The second kappa shape index (κ2) is 4.35. The Balaban J connectivity index is 2.18. The Bertz CT molecular complexity index is 810. The Morgan fingerprint density at radius 3 is 2.53 bits per heavy atom. The van der Waals surface area contributed by atoms with Crippen molar-refractivity contribution in [3.63, 3.8) is 0 Å². The van der Waals surface area contributed by atoms with Crippen molar-refractivity contribution in [2.75, 3.05) is 0 Å². The van der Waals surface area contributed by atoms with Crippen LogP contribution in [0.25, 0.3) is 11.0 Å². The van der Waals surface area contributed by atoms with E-state index in [0.29, 0.717) is 6.54 Å². The van der Waals surface area contributed by atoms with Gasteiger partial charge in [0.15, 0.2) is 0 Å². The first-order chi connectivity index (χ1) is 9.08. The Morgan fingerprint density at radius 2 is 1.89 bits per heavy atom. The van der Waals surface area contributed by atoms with Gasteiger partial charge >= 0.3 is 5.69 Å². The van der Waals surface area contributed by atoms with Gasteiger partial charge in [0.1, 0.15) is 0 Å². The van der Waals surface area contributed by atoms with Gasteiger partial charge in [0.25, 0.3) is 0 Å². The van der Waals surface area contributed by atoms with Crippen LogP contribution in [0.15, 0.2) is 29.1 Å². The number of nitrogens with zero attached hydrogens (tertiary/aromatic N) is 3. The van der Waals surface area contributed by atoms with Crippen LogP contribution in [-0.2, 0) is 13.6 Å². The van der Waals surface area contributed by atoms with Gasteiger partial charge in [-0.3, -0.25) is 9.13 Å². The van der Waals surface area contributed by atoms with E-state index in [2.05, 4.69) is 4.98 Å². The molecule has 0 N–H and O–H groups in total. The van der Waals surface area contributed by atoms with Crippen LogP contribution < -0.4 is 5.69 Å². The van der Waals surface area contributed by atoms with E-state index in [-0.39, 0.29) is 5.69 Å². The van der Waals surface area contributed by atoms with Gasteiger partial charge in [-0.25, -0.2) is 9.78 Å². The molecule has 0 spiro atoms. The lowest BCUT2D eigenvalue weighted by molar-refractivity contribution is 0.739. The quantitative estimate of drug-likeness (QED) is 0.719. The molecule has 2 heterocycles. The zero-order valence-electron chi connectivity index (χ0n) is 11.2. The van der Waals surface area contributed by atoms with E-state index in [1.54, 1.807) is 15.9 Å². The molecule has 2 aromatic heterocycles. The van der Waals surface area contributed by atoms with Crippen LogP contribution in [0.2, 0.25) is 0 Å². The fourth-order valence-corrected chi connectivity index (χ4v) is 3.31. The van der Waals surface area contributed by atoms with Crippen molar-refractivity contribution in [2.45, 2.75) is 20.4 Å². The highest BCUT2D eigenvalue weighted by atomic mass is 32.1. The fourth-order valence-electron chi connectivity index (χ4n) is 2.38. The van der Waals surface area contributed by atoms with E-state index >= 15 is 0 Å². The molecule has 0 aliphatic carbocycles. The summed E-state index contributed by atoms with van der Waals surface area (Å²) in [6.07, 6.45) is 0. The molecule has 98 valence electrons. The van der Waals surface area contributed by atoms with Crippen molar-refractivity contribution < 1.29 is 0 Å². The van der Waals surface area contributed by atoms with Crippen molar-refractivity contribution in [2.24, 2.45) is 7.05 Å². The highest BCUT2D eigenvalue weighted by Crippen LogP contribution is 2.20. The molecule has 3 aromatic rings. The first kappa shape index (κ1) is 12.2. The van der Waals surface area contributed by atoms with Gasteiger partial charge in [-0.05, 0) is 26.0 Å². The maximum Gasteiger partial charge on any atom is 0.329 e. The molecule has 1 aromatic carbocycles. The number of rotatable bonds is 2. The molecular weight excluding hydrogens is 258 g/mol. The predicted molar refractivity (Wildman–Crippen MR) is 77.9 cm³/mol. The van der Waals surface area contributed by atoms with Crippen molar-refractivity contribution in [1.82, 2.24) is 14.1 Å². The lowest BCUT2D eigenvalue weighted by Gasteiger charge is -2.01. The monoisotopic (exact) mass is 273 g/mol. The molecule has 0 unspecified atom stereocenters. The summed E-state index contributed by atoms with van der Waals surface area (Å²) in [5, 5.41) is 1.04. The van der Waals surface area contributed by atoms with Gasteiger partial charge in [0, 0.05) is 11.9 Å². The van der Waals surface area contributed by atoms with E-state index in [1.807, 2.05) is 49.7 Å². The zero-order chi connectivity index (χ0) is 13.6. The Hall–Kier alpha value is -1.88. The molecule has 0 saturated carbocycles. The van der Waals surface area contributed by atoms with E-state index in [9.17, 15) is 4.79 Å². The van der Waals surface area contributed by atoms with Gasteiger partial charge in [0.05, 0.1) is 28.3 Å². The van der Waals surface area contributed by atoms with Crippen LogP contribution in [0.3, 0.4) is 0 Å². The van der Waals surface area contributed by atoms with Gasteiger partial charge in [-0.2, -0.15) is 0 Å². The molecule has 0 amide bonds. The van der Waals surface area contributed by atoms with Crippen LogP contribution in [0, 0.1) is 13.8 Å². The number of aromatic nitrogens is 3. The third kappa shape index (κ3) is 1.90. The van der Waals surface area contributed by atoms with E-state index in [1.165, 1.54) is 0 Å². The third-order valence-electron chi connectivity index (χ3n) is 3.35. The maximum absolute atomic E-state index is 12.3. The fraction of sp³-hybridized carbons (Fsp3) is 0.286. The summed E-state index contributed by atoms with van der Waals surface area (Å²) < 4.78 is 3.51. The summed E-state index contributed by atoms with van der Waals surface area (Å²) in [7, 11) is 1.81. The van der Waals surface area contributed by atoms with Crippen molar-refractivity contribution >= 4 is 22.4 Å². The van der Waals surface area contributed by atoms with Gasteiger partial charge < -0.3 is 0 Å². The number of hydrogen-bond acceptors (Lipinski definition) is 3. The first-order valence-electron chi connectivity index (χ1n) is 6.15. The van der Waals surface area contributed by atoms with Crippen LogP contribution in [0.4, 0.5) is 0 Å². The Labute approximate surface area is 115 Å². The van der Waals surface area contributed by atoms with Crippen LogP contribution in [0.1, 0.15) is 15.6 Å². The standard InChI is InChI=1S/C14H15N3OS/c1-9-13(19-10(2)15-9)8-17-12-7-5-4-6-11(12)16(3)14(17)18/h4-7H,8H2,1-3H3. The summed E-state index contributed by atoms with van der Waals surface area (Å²) in [5.74, 6) is 0. The zero-order valence-corrected chi connectivity index (χ0v) is 12.0. The second-order valence-electron chi connectivity index (χ2n) is 4.66. The number of fused-ring (bicyclic) bond motifs is 1. The third-order valence-corrected chi connectivity index (χ3v) is 4.41. The molecule has 0 saturated heterocycles. The lowest BCUT2D eigenvalue weighted by Crippen LogP contribution is -2.22. The minimum atomic E-state index is 0.0200. The summed E-state index contributed by atoms with van der Waals surface area (Å²) in [5.41, 5.74) is 2.97. The summed E-state index contributed by atoms with van der Waals surface area (Å²) in [6, 6.07) is 7.87. The number of para-hydroxylation sites is 2. The molecule has 3 rings (SSSR count). The van der Waals surface area contributed by atoms with Crippen LogP contribution in [-0.4, -0.2) is 14.1 Å². The van der Waals surface area contributed by atoms with Gasteiger partial charge in [-0.15, -0.1) is 11.3 Å². The van der Waals surface area contributed by atoms with Crippen molar-refractivity contribution in [3.8, 4) is 0 Å². The van der Waals surface area contributed by atoms with Gasteiger partial charge in [-0.1, -0.05) is 12.1 Å². The molecule has 19 heavy (non-hydrogen) atoms. The largest absolute Gasteiger partial charge is 0.329 e. The molecule has 0 fully saturated rings. The van der Waals surface area contributed by atoms with Gasteiger partial charge in [0.2, 0.25) is 0 Å². The second-order valence-corrected chi connectivity index (χ2v) is 5.95. The number of imidazole rings is 1. The maximum atomic E-state index is 12.3. The topological polar surface area (TPSA) is 39.8 Å². The average Bonchev–Trinajstić information content (AvgIpc) is 2.83. The predicted octanol–water partition coefficient (Wildman–Crippen LogP) is 2.46. The molecule has 5 heteroatoms. The SMILES string of the molecule is Cc1nc(C)c(Cn2c(=O)n(C)c3ccccc32)s1. The molecule has 0 radical (unpaired) electrons. The number of thiazole rings is 1. The van der Waals surface area contributed by atoms with E-state index < -0.39 is 0 Å². The Kier molecular flexibility index (Phi) is 2.78. The highest BCUT2D eigenvalue weighted by molar-refractivity contribution is 7.11. The van der Waals surface area contributed by atoms with Crippen molar-refractivity contribution in [1.29, 1.82) is 0 Å². The van der Waals surface area contributed by atoms with E-state index in [0.717, 1.165) is 26.6 Å². The highest BCUT2D eigenvalue weighted by Gasteiger charge is 2.13. The first-order valence-corrected chi connectivity index (χ1v) is 6.96. The molecule has 4 nitrogen and oxygen atoms in total. The minimum absolute atomic E-state index is 0.0200. The number of aryl methyl sites for hydroxylation is 3. The van der Waals surface area contributed by atoms with E-state index in [4.69, 9.17) is 0 Å². The molecule has 0 aliphatic rings. The molecule has 0 aliphatic heterocycles. The summed E-state index contributed by atoms with van der Waals surface area (Å²) >= 11 is 1.66. The lowest BCUT2D eigenvalue weighted by atomic mass is 10.3. The molecular formula is C14H15N3OS. The van der Waals surface area contributed by atoms with Crippen LogP contribution >= 0.6 is 11.3 Å². The summed E-state index contributed by atoms with van der Waals surface area (Å²) in [6.45, 7) is 4.58. The van der Waals surface area contributed by atoms with Crippen molar-refractivity contribution in [3.05, 3.63) is 50.3 Å². The minimum Gasteiger partial charge on any atom is -0.295 e. The molecule has 0 bridgehead atoms. The molecule has 0 atom stereocenters. The normalized spacial score (nSPS) is 11.3. The summed E-state index contributed by atoms with van der Waals surface area (Å²) in [4.78, 5) is 17.9.